The molecule has 0 heterocycles. The van der Waals surface area contributed by atoms with Gasteiger partial charge in [0.05, 0.1) is 12.0 Å². The van der Waals surface area contributed by atoms with Gasteiger partial charge in [0.15, 0.2) is 0 Å². The molecule has 0 aliphatic rings. The average Bonchev–Trinajstić information content (AvgIpc) is 2.35. The number of nitro benzene ring substituents is 1. The van der Waals surface area contributed by atoms with E-state index in [2.05, 4.69) is 4.74 Å². The molecule has 6 heteroatoms. The van der Waals surface area contributed by atoms with Crippen molar-refractivity contribution in [1.29, 1.82) is 0 Å². The number of hydrogen-bond acceptors (Lipinski definition) is 4. The Hall–Kier alpha value is -2.24. The lowest BCUT2D eigenvalue weighted by Crippen LogP contribution is -1.96. The monoisotopic (exact) mass is 253 g/mol. The first kappa shape index (κ1) is 13.8. The Bertz CT molecular complexity index is 485. The number of carbonyl (C=O) groups excluding carboxylic acids is 1. The Morgan fingerprint density at radius 2 is 2.28 bits per heavy atom. The summed E-state index contributed by atoms with van der Waals surface area (Å²) in [6.07, 6.45) is 3.44. The van der Waals surface area contributed by atoms with Crippen LogP contribution in [-0.2, 0) is 16.0 Å². The number of carbonyl (C=O) groups is 1. The van der Waals surface area contributed by atoms with Gasteiger partial charge in [0.25, 0.3) is 5.69 Å². The molecule has 96 valence electrons. The summed E-state index contributed by atoms with van der Waals surface area (Å²) in [5.41, 5.74) is 0.0991. The molecule has 0 atom stereocenters. The highest BCUT2D eigenvalue weighted by molar-refractivity contribution is 5.81. The van der Waals surface area contributed by atoms with E-state index in [1.165, 1.54) is 25.3 Å². The maximum absolute atomic E-state index is 13.3. The van der Waals surface area contributed by atoms with Crippen molar-refractivity contribution >= 4 is 11.7 Å². The number of methoxy groups -OCH3 is 1. The number of esters is 1. The second-order valence-electron chi connectivity index (χ2n) is 3.50. The SMILES string of the molecule is COC(=O)/C=C\CCc1cc([N+](=O)[O-])ccc1F. The van der Waals surface area contributed by atoms with Gasteiger partial charge in [0.1, 0.15) is 5.82 Å². The quantitative estimate of drug-likeness (QED) is 0.349. The largest absolute Gasteiger partial charge is 0.466 e. The zero-order chi connectivity index (χ0) is 13.5. The minimum Gasteiger partial charge on any atom is -0.466 e. The summed E-state index contributed by atoms with van der Waals surface area (Å²) in [5, 5.41) is 10.5. The zero-order valence-corrected chi connectivity index (χ0v) is 9.76. The summed E-state index contributed by atoms with van der Waals surface area (Å²) in [7, 11) is 1.26. The van der Waals surface area contributed by atoms with Gasteiger partial charge in [0, 0.05) is 18.2 Å². The van der Waals surface area contributed by atoms with Crippen molar-refractivity contribution < 1.29 is 18.8 Å². The van der Waals surface area contributed by atoms with Crippen LogP contribution >= 0.6 is 0 Å². The zero-order valence-electron chi connectivity index (χ0n) is 9.76. The molecule has 1 aromatic carbocycles. The van der Waals surface area contributed by atoms with E-state index < -0.39 is 16.7 Å². The van der Waals surface area contributed by atoms with Crippen molar-refractivity contribution in [1.82, 2.24) is 0 Å². The van der Waals surface area contributed by atoms with E-state index in [9.17, 15) is 19.3 Å². The third kappa shape index (κ3) is 3.97. The summed E-state index contributed by atoms with van der Waals surface area (Å²) < 4.78 is 17.7. The van der Waals surface area contributed by atoms with Gasteiger partial charge in [-0.1, -0.05) is 6.08 Å². The highest BCUT2D eigenvalue weighted by Crippen LogP contribution is 2.18. The molecule has 0 unspecified atom stereocenters. The molecule has 0 amide bonds. The fraction of sp³-hybridized carbons (Fsp3) is 0.250. The summed E-state index contributed by atoms with van der Waals surface area (Å²) in [6.45, 7) is 0. The number of halogens is 1. The van der Waals surface area contributed by atoms with E-state index >= 15 is 0 Å². The molecular weight excluding hydrogens is 241 g/mol. The van der Waals surface area contributed by atoms with Gasteiger partial charge in [-0.15, -0.1) is 0 Å². The first-order chi connectivity index (χ1) is 8.54. The normalized spacial score (nSPS) is 10.6. The lowest BCUT2D eigenvalue weighted by Gasteiger charge is -2.00. The molecule has 0 aliphatic carbocycles. The molecule has 5 nitrogen and oxygen atoms in total. The number of nitro groups is 1. The van der Waals surface area contributed by atoms with Crippen molar-refractivity contribution in [3.05, 3.63) is 51.8 Å². The number of ether oxygens (including phenoxy) is 1. The minimum absolute atomic E-state index is 0.150. The van der Waals surface area contributed by atoms with Crippen molar-refractivity contribution in [2.75, 3.05) is 7.11 Å². The van der Waals surface area contributed by atoms with E-state index in [1.54, 1.807) is 0 Å². The van der Waals surface area contributed by atoms with Crippen LogP contribution in [0.2, 0.25) is 0 Å². The molecule has 1 rings (SSSR count). The third-order valence-electron chi connectivity index (χ3n) is 2.28. The molecular formula is C12H12FNO4. The molecule has 0 spiro atoms. The summed E-state index contributed by atoms with van der Waals surface area (Å²) in [4.78, 5) is 20.7. The predicted octanol–water partition coefficient (Wildman–Crippen LogP) is 2.40. The summed E-state index contributed by atoms with van der Waals surface area (Å²) >= 11 is 0. The van der Waals surface area contributed by atoms with Crippen molar-refractivity contribution in [3.63, 3.8) is 0 Å². The molecule has 0 bridgehead atoms. The van der Waals surface area contributed by atoms with Crippen LogP contribution < -0.4 is 0 Å². The van der Waals surface area contributed by atoms with Gasteiger partial charge in [-0.3, -0.25) is 10.1 Å². The Morgan fingerprint density at radius 1 is 1.56 bits per heavy atom. The number of hydrogen-bond donors (Lipinski definition) is 0. The van der Waals surface area contributed by atoms with Gasteiger partial charge in [-0.2, -0.15) is 0 Å². The average molecular weight is 253 g/mol. The second kappa shape index (κ2) is 6.48. The number of aryl methyl sites for hydroxylation is 1. The van der Waals surface area contributed by atoms with Crippen LogP contribution in [0.1, 0.15) is 12.0 Å². The predicted molar refractivity (Wildman–Crippen MR) is 62.5 cm³/mol. The first-order valence-electron chi connectivity index (χ1n) is 5.22. The van der Waals surface area contributed by atoms with Gasteiger partial charge in [0.2, 0.25) is 0 Å². The van der Waals surface area contributed by atoms with Gasteiger partial charge in [-0.25, -0.2) is 9.18 Å². The molecule has 0 aromatic heterocycles. The Kier molecular flexibility index (Phi) is 4.98. The van der Waals surface area contributed by atoms with Gasteiger partial charge < -0.3 is 4.74 Å². The highest BCUT2D eigenvalue weighted by Gasteiger charge is 2.09. The molecule has 0 saturated carbocycles. The van der Waals surface area contributed by atoms with E-state index in [-0.39, 0.29) is 17.7 Å². The van der Waals surface area contributed by atoms with E-state index in [0.29, 0.717) is 6.42 Å². The Morgan fingerprint density at radius 3 is 2.89 bits per heavy atom. The van der Waals surface area contributed by atoms with Crippen molar-refractivity contribution in [2.45, 2.75) is 12.8 Å². The minimum atomic E-state index is -0.576. The Balaban J connectivity index is 2.67. The maximum Gasteiger partial charge on any atom is 0.330 e. The number of non-ortho nitro benzene ring substituents is 1. The summed E-state index contributed by atoms with van der Waals surface area (Å²) in [6, 6.07) is 3.38. The van der Waals surface area contributed by atoms with Gasteiger partial charge in [-0.05, 0) is 24.5 Å². The molecule has 0 saturated heterocycles. The first-order valence-corrected chi connectivity index (χ1v) is 5.22. The van der Waals surface area contributed by atoms with Crippen molar-refractivity contribution in [3.8, 4) is 0 Å². The number of benzene rings is 1. The van der Waals surface area contributed by atoms with Crippen LogP contribution in [0.25, 0.3) is 0 Å². The fourth-order valence-electron chi connectivity index (χ4n) is 1.35. The van der Waals surface area contributed by atoms with Crippen LogP contribution in [0.5, 0.6) is 0 Å². The van der Waals surface area contributed by atoms with Crippen molar-refractivity contribution in [2.24, 2.45) is 0 Å². The standard InChI is InChI=1S/C12H12FNO4/c1-18-12(15)5-3-2-4-9-8-10(14(16)17)6-7-11(9)13/h3,5-8H,2,4H2,1H3/b5-3-. The van der Waals surface area contributed by atoms with E-state index in [1.807, 2.05) is 0 Å². The molecule has 18 heavy (non-hydrogen) atoms. The number of nitrogens with zero attached hydrogens (tertiary/aromatic N) is 1. The lowest BCUT2D eigenvalue weighted by atomic mass is 10.1. The Labute approximate surface area is 103 Å². The molecule has 0 fully saturated rings. The highest BCUT2D eigenvalue weighted by atomic mass is 19.1. The molecule has 0 aliphatic heterocycles. The lowest BCUT2D eigenvalue weighted by molar-refractivity contribution is -0.385. The second-order valence-corrected chi connectivity index (χ2v) is 3.50. The third-order valence-corrected chi connectivity index (χ3v) is 2.28. The molecule has 1 aromatic rings. The smallest absolute Gasteiger partial charge is 0.330 e. The molecule has 0 N–H and O–H groups in total. The van der Waals surface area contributed by atoms with E-state index in [4.69, 9.17) is 0 Å². The topological polar surface area (TPSA) is 69.4 Å². The van der Waals surface area contributed by atoms with Crippen LogP contribution in [0, 0.1) is 15.9 Å². The fourth-order valence-corrected chi connectivity index (χ4v) is 1.35. The molecule has 0 radical (unpaired) electrons. The maximum atomic E-state index is 13.3. The van der Waals surface area contributed by atoms with Gasteiger partial charge >= 0.3 is 5.97 Å². The van der Waals surface area contributed by atoms with Crippen LogP contribution in [0.3, 0.4) is 0 Å². The number of allylic oxidation sites excluding steroid dienone is 1. The van der Waals surface area contributed by atoms with Crippen LogP contribution in [0.4, 0.5) is 10.1 Å². The summed E-state index contributed by atoms with van der Waals surface area (Å²) in [5.74, 6) is -0.985. The van der Waals surface area contributed by atoms with E-state index in [0.717, 1.165) is 12.1 Å². The van der Waals surface area contributed by atoms with Crippen LogP contribution in [-0.4, -0.2) is 18.0 Å². The number of rotatable bonds is 5. The van der Waals surface area contributed by atoms with Crippen LogP contribution in [0.15, 0.2) is 30.4 Å².